The summed E-state index contributed by atoms with van der Waals surface area (Å²) in [7, 11) is 0. The van der Waals surface area contributed by atoms with Crippen LogP contribution in [0.25, 0.3) is 0 Å². The Bertz CT molecular complexity index is 465. The van der Waals surface area contributed by atoms with E-state index in [0.717, 1.165) is 25.1 Å². The molecule has 3 nitrogen and oxygen atoms in total. The molecule has 0 saturated heterocycles. The summed E-state index contributed by atoms with van der Waals surface area (Å²) in [6.07, 6.45) is 3.84. The standard InChI is InChI=1S/C15H20N2O/c1-12-4-3-5-14(10-12)7-6-13(2)16-11-15-8-9-18-17-15/h3-5,8-10,13,16H,6-7,11H2,1-2H3. The van der Waals surface area contributed by atoms with Gasteiger partial charge >= 0.3 is 0 Å². The lowest BCUT2D eigenvalue weighted by Crippen LogP contribution is -2.26. The van der Waals surface area contributed by atoms with Crippen LogP contribution < -0.4 is 5.32 Å². The van der Waals surface area contributed by atoms with Crippen LogP contribution in [0.15, 0.2) is 41.1 Å². The van der Waals surface area contributed by atoms with E-state index in [1.165, 1.54) is 11.1 Å². The summed E-state index contributed by atoms with van der Waals surface area (Å²) in [5.74, 6) is 0. The maximum Gasteiger partial charge on any atom is 0.124 e. The molecule has 1 N–H and O–H groups in total. The van der Waals surface area contributed by atoms with Crippen molar-refractivity contribution in [3.05, 3.63) is 53.4 Å². The Labute approximate surface area is 108 Å². The fourth-order valence-electron chi connectivity index (χ4n) is 1.96. The number of nitrogens with one attached hydrogen (secondary N) is 1. The average molecular weight is 244 g/mol. The van der Waals surface area contributed by atoms with E-state index in [0.29, 0.717) is 6.04 Å². The second-order valence-electron chi connectivity index (χ2n) is 4.80. The summed E-state index contributed by atoms with van der Waals surface area (Å²) in [6, 6.07) is 11.1. The molecular formula is C15H20N2O. The number of benzene rings is 1. The van der Waals surface area contributed by atoms with Crippen molar-refractivity contribution in [2.75, 3.05) is 0 Å². The third-order valence-electron chi connectivity index (χ3n) is 3.07. The lowest BCUT2D eigenvalue weighted by atomic mass is 10.0. The van der Waals surface area contributed by atoms with Crippen molar-refractivity contribution >= 4 is 0 Å². The van der Waals surface area contributed by atoms with Crippen LogP contribution in [0.1, 0.15) is 30.2 Å². The molecule has 1 heterocycles. The Morgan fingerprint density at radius 3 is 2.94 bits per heavy atom. The van der Waals surface area contributed by atoms with Crippen LogP contribution in [-0.4, -0.2) is 11.2 Å². The number of hydrogen-bond acceptors (Lipinski definition) is 3. The molecule has 3 heteroatoms. The van der Waals surface area contributed by atoms with Crippen LogP contribution >= 0.6 is 0 Å². The second-order valence-corrected chi connectivity index (χ2v) is 4.80. The fourth-order valence-corrected chi connectivity index (χ4v) is 1.96. The van der Waals surface area contributed by atoms with Crippen molar-refractivity contribution in [3.63, 3.8) is 0 Å². The Morgan fingerprint density at radius 1 is 1.33 bits per heavy atom. The van der Waals surface area contributed by atoms with Gasteiger partial charge in [-0.05, 0) is 32.3 Å². The van der Waals surface area contributed by atoms with E-state index in [2.05, 4.69) is 48.6 Å². The molecule has 1 aromatic heterocycles. The van der Waals surface area contributed by atoms with Crippen LogP contribution in [0.4, 0.5) is 0 Å². The Kier molecular flexibility index (Phi) is 4.53. The predicted octanol–water partition coefficient (Wildman–Crippen LogP) is 3.09. The van der Waals surface area contributed by atoms with Gasteiger partial charge in [0.05, 0.1) is 5.69 Å². The molecule has 0 saturated carbocycles. The molecule has 0 aliphatic heterocycles. The van der Waals surface area contributed by atoms with Crippen molar-refractivity contribution in [1.29, 1.82) is 0 Å². The topological polar surface area (TPSA) is 38.1 Å². The lowest BCUT2D eigenvalue weighted by molar-refractivity contribution is 0.404. The van der Waals surface area contributed by atoms with Gasteiger partial charge in [0.25, 0.3) is 0 Å². The van der Waals surface area contributed by atoms with Crippen molar-refractivity contribution in [2.24, 2.45) is 0 Å². The van der Waals surface area contributed by atoms with E-state index in [1.807, 2.05) is 6.07 Å². The van der Waals surface area contributed by atoms with Crippen molar-refractivity contribution in [1.82, 2.24) is 10.5 Å². The van der Waals surface area contributed by atoms with Gasteiger partial charge in [-0.3, -0.25) is 0 Å². The zero-order chi connectivity index (χ0) is 12.8. The molecule has 0 fully saturated rings. The molecule has 0 aliphatic rings. The minimum absolute atomic E-state index is 0.474. The molecule has 18 heavy (non-hydrogen) atoms. The summed E-state index contributed by atoms with van der Waals surface area (Å²) >= 11 is 0. The minimum atomic E-state index is 0.474. The van der Waals surface area contributed by atoms with Gasteiger partial charge in [-0.15, -0.1) is 0 Å². The number of aromatic nitrogens is 1. The quantitative estimate of drug-likeness (QED) is 0.848. The Hall–Kier alpha value is -1.61. The van der Waals surface area contributed by atoms with Gasteiger partial charge < -0.3 is 9.84 Å². The predicted molar refractivity (Wildman–Crippen MR) is 72.3 cm³/mol. The van der Waals surface area contributed by atoms with E-state index >= 15 is 0 Å². The van der Waals surface area contributed by atoms with Crippen LogP contribution in [0.3, 0.4) is 0 Å². The average Bonchev–Trinajstić information content (AvgIpc) is 2.87. The SMILES string of the molecule is Cc1cccc(CCC(C)NCc2ccon2)c1. The monoisotopic (exact) mass is 244 g/mol. The van der Waals surface area contributed by atoms with E-state index < -0.39 is 0 Å². The summed E-state index contributed by atoms with van der Waals surface area (Å²) in [5.41, 5.74) is 3.69. The molecule has 2 rings (SSSR count). The Balaban J connectivity index is 1.73. The highest BCUT2D eigenvalue weighted by molar-refractivity contribution is 5.22. The molecule has 0 aliphatic carbocycles. The summed E-state index contributed by atoms with van der Waals surface area (Å²) in [5, 5.41) is 7.33. The molecule has 2 aromatic rings. The smallest absolute Gasteiger partial charge is 0.124 e. The number of nitrogens with zero attached hydrogens (tertiary/aromatic N) is 1. The molecule has 1 unspecified atom stereocenters. The minimum Gasteiger partial charge on any atom is -0.364 e. The van der Waals surface area contributed by atoms with Crippen LogP contribution in [0.5, 0.6) is 0 Å². The zero-order valence-electron chi connectivity index (χ0n) is 11.0. The molecule has 1 atom stereocenters. The first-order valence-electron chi connectivity index (χ1n) is 6.42. The lowest BCUT2D eigenvalue weighted by Gasteiger charge is -2.12. The van der Waals surface area contributed by atoms with E-state index in [4.69, 9.17) is 4.52 Å². The maximum absolute atomic E-state index is 4.80. The second kappa shape index (κ2) is 6.36. The third-order valence-corrected chi connectivity index (χ3v) is 3.07. The molecule has 0 amide bonds. The molecule has 0 spiro atoms. The van der Waals surface area contributed by atoms with E-state index in [9.17, 15) is 0 Å². The maximum atomic E-state index is 4.80. The number of hydrogen-bond donors (Lipinski definition) is 1. The van der Waals surface area contributed by atoms with Gasteiger partial charge in [0, 0.05) is 18.7 Å². The van der Waals surface area contributed by atoms with E-state index in [-0.39, 0.29) is 0 Å². The summed E-state index contributed by atoms with van der Waals surface area (Å²) in [6.45, 7) is 5.11. The van der Waals surface area contributed by atoms with Gasteiger partial charge in [-0.1, -0.05) is 35.0 Å². The largest absolute Gasteiger partial charge is 0.364 e. The van der Waals surface area contributed by atoms with Crippen LogP contribution in [0, 0.1) is 6.92 Å². The zero-order valence-corrected chi connectivity index (χ0v) is 11.0. The first kappa shape index (κ1) is 12.8. The van der Waals surface area contributed by atoms with Gasteiger partial charge in [0.2, 0.25) is 0 Å². The van der Waals surface area contributed by atoms with Gasteiger partial charge in [0.1, 0.15) is 6.26 Å². The third kappa shape index (κ3) is 4.00. The van der Waals surface area contributed by atoms with Crippen molar-refractivity contribution in [2.45, 2.75) is 39.3 Å². The van der Waals surface area contributed by atoms with Gasteiger partial charge in [-0.2, -0.15) is 0 Å². The fraction of sp³-hybridized carbons (Fsp3) is 0.400. The summed E-state index contributed by atoms with van der Waals surface area (Å²) < 4.78 is 4.80. The highest BCUT2D eigenvalue weighted by Crippen LogP contribution is 2.08. The number of aryl methyl sites for hydroxylation is 2. The normalized spacial score (nSPS) is 12.6. The van der Waals surface area contributed by atoms with Crippen LogP contribution in [0.2, 0.25) is 0 Å². The van der Waals surface area contributed by atoms with Crippen molar-refractivity contribution < 1.29 is 4.52 Å². The Morgan fingerprint density at radius 2 is 2.22 bits per heavy atom. The molecule has 0 bridgehead atoms. The van der Waals surface area contributed by atoms with Crippen molar-refractivity contribution in [3.8, 4) is 0 Å². The first-order valence-corrected chi connectivity index (χ1v) is 6.42. The molecule has 0 radical (unpaired) electrons. The van der Waals surface area contributed by atoms with Gasteiger partial charge in [0.15, 0.2) is 0 Å². The first-order chi connectivity index (χ1) is 8.74. The molecule has 1 aromatic carbocycles. The van der Waals surface area contributed by atoms with Crippen LogP contribution in [-0.2, 0) is 13.0 Å². The highest BCUT2D eigenvalue weighted by Gasteiger charge is 2.04. The summed E-state index contributed by atoms with van der Waals surface area (Å²) in [4.78, 5) is 0. The highest BCUT2D eigenvalue weighted by atomic mass is 16.5. The number of rotatable bonds is 6. The van der Waals surface area contributed by atoms with E-state index in [1.54, 1.807) is 6.26 Å². The molecular weight excluding hydrogens is 224 g/mol. The molecule has 96 valence electrons. The van der Waals surface area contributed by atoms with Gasteiger partial charge in [-0.25, -0.2) is 0 Å².